The second-order valence-corrected chi connectivity index (χ2v) is 9.68. The summed E-state index contributed by atoms with van der Waals surface area (Å²) in [7, 11) is -2.65. The molecule has 0 saturated heterocycles. The van der Waals surface area contributed by atoms with Crippen LogP contribution in [0.4, 0.5) is 11.4 Å². The summed E-state index contributed by atoms with van der Waals surface area (Å²) in [6, 6.07) is 18.2. The zero-order chi connectivity index (χ0) is 25.2. The summed E-state index contributed by atoms with van der Waals surface area (Å²) in [4.78, 5) is 17.2. The molecule has 1 aromatic heterocycles. The van der Waals surface area contributed by atoms with Crippen molar-refractivity contribution in [2.24, 2.45) is 0 Å². The van der Waals surface area contributed by atoms with E-state index in [0.29, 0.717) is 22.8 Å². The average molecular weight is 492 g/mol. The van der Waals surface area contributed by atoms with Gasteiger partial charge in [-0.15, -0.1) is 0 Å². The number of methoxy groups -OCH3 is 1. The van der Waals surface area contributed by atoms with E-state index in [1.165, 1.54) is 25.3 Å². The number of rotatable bonds is 7. The predicted octanol–water partition coefficient (Wildman–Crippen LogP) is 5.33. The third-order valence-electron chi connectivity index (χ3n) is 5.42. The highest BCUT2D eigenvalue weighted by Crippen LogP contribution is 2.28. The van der Waals surface area contributed by atoms with Crippen LogP contribution in [0.2, 0.25) is 0 Å². The highest BCUT2D eigenvalue weighted by molar-refractivity contribution is 7.92. The number of hydrogen-bond donors (Lipinski definition) is 2. The van der Waals surface area contributed by atoms with Gasteiger partial charge in [0.15, 0.2) is 0 Å². The number of hydrogen-bond acceptors (Lipinski definition) is 6. The molecule has 0 fully saturated rings. The van der Waals surface area contributed by atoms with Crippen molar-refractivity contribution in [1.29, 1.82) is 0 Å². The Morgan fingerprint density at radius 3 is 2.34 bits per heavy atom. The molecular weight excluding hydrogens is 466 g/mol. The smallest absolute Gasteiger partial charge is 0.265 e. The average Bonchev–Trinajstić information content (AvgIpc) is 3.18. The monoisotopic (exact) mass is 491 g/mol. The van der Waals surface area contributed by atoms with Gasteiger partial charge < -0.3 is 14.5 Å². The number of aryl methyl sites for hydroxylation is 3. The van der Waals surface area contributed by atoms with Gasteiger partial charge in [0, 0.05) is 22.5 Å². The van der Waals surface area contributed by atoms with Crippen molar-refractivity contribution in [2.75, 3.05) is 17.1 Å². The van der Waals surface area contributed by atoms with Gasteiger partial charge in [0.05, 0.1) is 12.8 Å². The SMILES string of the molecule is COc1ccc(C(=O)Nc2cccc(-c3nc(C)c(C)o3)c2)cc1S(=O)(=O)Nc1ccc(C)cc1. The van der Waals surface area contributed by atoms with Crippen LogP contribution in [-0.2, 0) is 10.0 Å². The Labute approximate surface area is 204 Å². The van der Waals surface area contributed by atoms with E-state index in [1.807, 2.05) is 26.8 Å². The molecule has 4 aromatic rings. The highest BCUT2D eigenvalue weighted by Gasteiger charge is 2.22. The molecule has 0 atom stereocenters. The molecule has 35 heavy (non-hydrogen) atoms. The Morgan fingerprint density at radius 2 is 1.69 bits per heavy atom. The van der Waals surface area contributed by atoms with E-state index < -0.39 is 15.9 Å². The number of oxazole rings is 1. The van der Waals surface area contributed by atoms with Crippen LogP contribution in [0.25, 0.3) is 11.5 Å². The molecule has 8 nitrogen and oxygen atoms in total. The molecule has 0 aliphatic heterocycles. The number of amides is 1. The van der Waals surface area contributed by atoms with Gasteiger partial charge in [0.25, 0.3) is 15.9 Å². The van der Waals surface area contributed by atoms with Crippen molar-refractivity contribution in [1.82, 2.24) is 4.98 Å². The van der Waals surface area contributed by atoms with Crippen molar-refractivity contribution >= 4 is 27.3 Å². The molecule has 1 amide bonds. The molecule has 180 valence electrons. The number of ether oxygens (including phenoxy) is 1. The second kappa shape index (κ2) is 9.63. The summed E-state index contributed by atoms with van der Waals surface area (Å²) in [5, 5.41) is 2.80. The van der Waals surface area contributed by atoms with E-state index in [0.717, 1.165) is 17.0 Å². The number of sulfonamides is 1. The summed E-state index contributed by atoms with van der Waals surface area (Å²) >= 11 is 0. The molecule has 1 heterocycles. The normalized spacial score (nSPS) is 11.2. The largest absolute Gasteiger partial charge is 0.495 e. The lowest BCUT2D eigenvalue weighted by Crippen LogP contribution is -2.17. The molecule has 9 heteroatoms. The van der Waals surface area contributed by atoms with Crippen molar-refractivity contribution in [2.45, 2.75) is 25.7 Å². The Balaban J connectivity index is 1.60. The van der Waals surface area contributed by atoms with Crippen molar-refractivity contribution < 1.29 is 22.4 Å². The Hall–Kier alpha value is -4.11. The van der Waals surface area contributed by atoms with Crippen LogP contribution >= 0.6 is 0 Å². The van der Waals surface area contributed by atoms with Crippen molar-refractivity contribution in [3.05, 3.63) is 89.3 Å². The number of benzene rings is 3. The third-order valence-corrected chi connectivity index (χ3v) is 6.82. The highest BCUT2D eigenvalue weighted by atomic mass is 32.2. The summed E-state index contributed by atoms with van der Waals surface area (Å²) in [6.45, 7) is 5.60. The number of anilines is 2. The number of nitrogens with one attached hydrogen (secondary N) is 2. The zero-order valence-corrected chi connectivity index (χ0v) is 20.6. The molecule has 0 aliphatic carbocycles. The number of aromatic nitrogens is 1. The fourth-order valence-corrected chi connectivity index (χ4v) is 4.64. The fourth-order valence-electron chi connectivity index (χ4n) is 3.39. The van der Waals surface area contributed by atoms with Crippen LogP contribution in [-0.4, -0.2) is 26.4 Å². The first-order valence-corrected chi connectivity index (χ1v) is 12.3. The van der Waals surface area contributed by atoms with Gasteiger partial charge in [-0.3, -0.25) is 9.52 Å². The lowest BCUT2D eigenvalue weighted by molar-refractivity contribution is 0.102. The molecule has 3 aromatic carbocycles. The Morgan fingerprint density at radius 1 is 0.943 bits per heavy atom. The molecule has 0 spiro atoms. The van der Waals surface area contributed by atoms with Gasteiger partial charge in [-0.25, -0.2) is 13.4 Å². The summed E-state index contributed by atoms with van der Waals surface area (Å²) in [5.74, 6) is 0.825. The molecular formula is C26H25N3O5S. The first-order chi connectivity index (χ1) is 16.7. The lowest BCUT2D eigenvalue weighted by atomic mass is 10.1. The van der Waals surface area contributed by atoms with Gasteiger partial charge >= 0.3 is 0 Å². The number of nitrogens with zero attached hydrogens (tertiary/aromatic N) is 1. The van der Waals surface area contributed by atoms with E-state index >= 15 is 0 Å². The molecule has 2 N–H and O–H groups in total. The van der Waals surface area contributed by atoms with Crippen LogP contribution in [0, 0.1) is 20.8 Å². The minimum absolute atomic E-state index is 0.123. The van der Waals surface area contributed by atoms with Crippen LogP contribution in [0.5, 0.6) is 5.75 Å². The lowest BCUT2D eigenvalue weighted by Gasteiger charge is -2.13. The maximum absolute atomic E-state index is 13.1. The Bertz CT molecular complexity index is 1470. The molecule has 4 rings (SSSR count). The number of carbonyl (C=O) groups is 1. The third kappa shape index (κ3) is 5.36. The summed E-state index contributed by atoms with van der Waals surface area (Å²) < 4.78 is 39.6. The van der Waals surface area contributed by atoms with E-state index in [1.54, 1.807) is 42.5 Å². The van der Waals surface area contributed by atoms with Crippen molar-refractivity contribution in [3.63, 3.8) is 0 Å². The zero-order valence-electron chi connectivity index (χ0n) is 19.7. The van der Waals surface area contributed by atoms with E-state index in [4.69, 9.17) is 9.15 Å². The Kier molecular flexibility index (Phi) is 6.61. The van der Waals surface area contributed by atoms with E-state index in [-0.39, 0.29) is 16.2 Å². The maximum atomic E-state index is 13.1. The topological polar surface area (TPSA) is 111 Å². The van der Waals surface area contributed by atoms with Gasteiger partial charge in [-0.05, 0) is 69.3 Å². The van der Waals surface area contributed by atoms with E-state index in [2.05, 4.69) is 15.0 Å². The van der Waals surface area contributed by atoms with Gasteiger partial charge in [0.1, 0.15) is 16.4 Å². The van der Waals surface area contributed by atoms with Crippen LogP contribution < -0.4 is 14.8 Å². The molecule has 0 unspecified atom stereocenters. The molecule has 0 saturated carbocycles. The van der Waals surface area contributed by atoms with E-state index in [9.17, 15) is 13.2 Å². The number of carbonyl (C=O) groups excluding carboxylic acids is 1. The molecule has 0 bridgehead atoms. The fraction of sp³-hybridized carbons (Fsp3) is 0.154. The van der Waals surface area contributed by atoms with Gasteiger partial charge in [0.2, 0.25) is 5.89 Å². The van der Waals surface area contributed by atoms with Gasteiger partial charge in [-0.1, -0.05) is 23.8 Å². The standard InChI is InChI=1S/C26H25N3O5S/c1-16-8-11-21(12-9-16)29-35(31,32)24-15-19(10-13-23(24)33-4)25(30)28-22-7-5-6-20(14-22)26-27-17(2)18(3)34-26/h5-15,29H,1-4H3,(H,28,30). The van der Waals surface area contributed by atoms with Crippen LogP contribution in [0.1, 0.15) is 27.4 Å². The summed E-state index contributed by atoms with van der Waals surface area (Å²) in [5.41, 5.74) is 3.57. The first-order valence-electron chi connectivity index (χ1n) is 10.8. The summed E-state index contributed by atoms with van der Waals surface area (Å²) in [6.07, 6.45) is 0. The molecule has 0 aliphatic rings. The minimum atomic E-state index is -4.02. The quantitative estimate of drug-likeness (QED) is 0.362. The first kappa shape index (κ1) is 24.0. The predicted molar refractivity (Wildman–Crippen MR) is 134 cm³/mol. The second-order valence-electron chi connectivity index (χ2n) is 8.03. The van der Waals surface area contributed by atoms with Gasteiger partial charge in [-0.2, -0.15) is 0 Å². The van der Waals surface area contributed by atoms with Crippen LogP contribution in [0.15, 0.2) is 76.0 Å². The van der Waals surface area contributed by atoms with Crippen LogP contribution in [0.3, 0.4) is 0 Å². The molecule has 0 radical (unpaired) electrons. The maximum Gasteiger partial charge on any atom is 0.265 e. The van der Waals surface area contributed by atoms with Crippen molar-refractivity contribution in [3.8, 4) is 17.2 Å². The minimum Gasteiger partial charge on any atom is -0.495 e.